The van der Waals surface area contributed by atoms with Crippen LogP contribution in [0.4, 0.5) is 5.69 Å². The van der Waals surface area contributed by atoms with Crippen LogP contribution in [0, 0.1) is 24.5 Å². The Morgan fingerprint density at radius 1 is 0.909 bits per heavy atom. The molecule has 1 N–H and O–H groups in total. The van der Waals surface area contributed by atoms with Crippen LogP contribution in [-0.2, 0) is 30.3 Å². The Labute approximate surface area is 277 Å². The largest absolute Gasteiger partial charge is 0.512 e. The molecule has 1 aromatic heterocycles. The van der Waals surface area contributed by atoms with Crippen LogP contribution in [0.15, 0.2) is 84.8 Å². The van der Waals surface area contributed by atoms with Crippen molar-refractivity contribution in [1.29, 1.82) is 0 Å². The molecule has 0 unspecified atom stereocenters. The summed E-state index contributed by atoms with van der Waals surface area (Å²) in [5.74, 6) is 0.547. The summed E-state index contributed by atoms with van der Waals surface area (Å²) in [5, 5.41) is 12.1. The zero-order chi connectivity index (χ0) is 31.6. The van der Waals surface area contributed by atoms with E-state index in [4.69, 9.17) is 6.57 Å². The van der Waals surface area contributed by atoms with E-state index in [0.717, 1.165) is 53.5 Å². The number of aliphatic hydroxyl groups excluding tert-OH is 1. The fraction of sp³-hybridized carbons (Fsp3) is 0.359. The maximum Gasteiger partial charge on any atom is 0.187 e. The summed E-state index contributed by atoms with van der Waals surface area (Å²) < 4.78 is 0. The second kappa shape index (κ2) is 17.0. The first-order valence-corrected chi connectivity index (χ1v) is 15.4. The predicted molar refractivity (Wildman–Crippen MR) is 180 cm³/mol. The average molecular weight is 766 g/mol. The Balaban J connectivity index is 0.000000363. The topological polar surface area (TPSA) is 54.5 Å². The van der Waals surface area contributed by atoms with Gasteiger partial charge in [0.05, 0.1) is 12.3 Å². The fourth-order valence-corrected chi connectivity index (χ4v) is 5.25. The molecule has 5 heteroatoms. The number of aromatic nitrogens is 1. The van der Waals surface area contributed by atoms with Gasteiger partial charge in [0, 0.05) is 49.9 Å². The van der Waals surface area contributed by atoms with Crippen LogP contribution in [0.1, 0.15) is 79.7 Å². The molecule has 233 valence electrons. The van der Waals surface area contributed by atoms with Crippen LogP contribution in [-0.4, -0.2) is 15.9 Å². The Kier molecular flexibility index (Phi) is 14.2. The van der Waals surface area contributed by atoms with Crippen molar-refractivity contribution >= 4 is 22.2 Å². The third-order valence-corrected chi connectivity index (χ3v) is 8.03. The summed E-state index contributed by atoms with van der Waals surface area (Å²) in [4.78, 5) is 19.8. The molecule has 0 fully saturated rings. The van der Waals surface area contributed by atoms with Crippen LogP contribution in [0.5, 0.6) is 0 Å². The Morgan fingerprint density at radius 3 is 2.09 bits per heavy atom. The van der Waals surface area contributed by atoms with Gasteiger partial charge in [-0.1, -0.05) is 108 Å². The minimum absolute atomic E-state index is 0. The van der Waals surface area contributed by atoms with E-state index < -0.39 is 0 Å². The van der Waals surface area contributed by atoms with Gasteiger partial charge in [-0.25, -0.2) is 4.85 Å². The number of rotatable bonds is 9. The fourth-order valence-electron chi connectivity index (χ4n) is 5.25. The van der Waals surface area contributed by atoms with E-state index in [1.807, 2.05) is 64.2 Å². The molecule has 4 nitrogen and oxygen atoms in total. The predicted octanol–water partition coefficient (Wildman–Crippen LogP) is 11.1. The molecule has 44 heavy (non-hydrogen) atoms. The molecule has 1 radical (unpaired) electrons. The number of carbonyl (C=O) groups excluding carboxylic acids is 1. The van der Waals surface area contributed by atoms with Gasteiger partial charge in [-0.2, -0.15) is 0 Å². The molecule has 0 saturated carbocycles. The molecule has 0 aliphatic carbocycles. The maximum atomic E-state index is 11.7. The minimum Gasteiger partial charge on any atom is -0.512 e. The van der Waals surface area contributed by atoms with E-state index in [0.29, 0.717) is 5.69 Å². The third-order valence-electron chi connectivity index (χ3n) is 8.03. The molecule has 0 atom stereocenters. The number of nitrogens with zero attached hydrogens (tertiary/aromatic N) is 2. The van der Waals surface area contributed by atoms with Gasteiger partial charge in [0.15, 0.2) is 11.5 Å². The third kappa shape index (κ3) is 9.46. The summed E-state index contributed by atoms with van der Waals surface area (Å²) in [5.41, 5.74) is 6.04. The second-order valence-electron chi connectivity index (χ2n) is 12.0. The van der Waals surface area contributed by atoms with E-state index in [1.165, 1.54) is 17.0 Å². The Morgan fingerprint density at radius 2 is 1.52 bits per heavy atom. The van der Waals surface area contributed by atoms with Gasteiger partial charge in [-0.3, -0.25) is 9.78 Å². The Bertz CT molecular complexity index is 1590. The van der Waals surface area contributed by atoms with Crippen molar-refractivity contribution in [1.82, 2.24) is 4.98 Å². The SMILES string of the molecule is CCC(CC)C(=O)/C=C(\O)C(CC)CC.[C-]#[N+]c1ccc(-c2ccnc(-c3[c-]c4ccccc4c(C(C)(C)C)c3)c2)cc1.[Ir]. The van der Waals surface area contributed by atoms with E-state index in [2.05, 4.69) is 73.1 Å². The molecule has 0 amide bonds. The number of carbonyl (C=O) groups is 1. The van der Waals surface area contributed by atoms with Gasteiger partial charge in [-0.05, 0) is 48.3 Å². The standard InChI is InChI=1S/C26H21N2.C13H24O2.Ir/c1-26(2,3)24-16-21(15-20-7-5-6-8-23(20)24)25-17-19(13-14-28-25)18-9-11-22(27-4)12-10-18;1-5-10(6-2)12(14)9-13(15)11(7-3)8-4;/h5-14,16-17H,1-3H3;9-11,14H,5-8H2,1-4H3;/q-1;;/b;12-9-;. The number of benzene rings is 3. The maximum absolute atomic E-state index is 11.7. The summed E-state index contributed by atoms with van der Waals surface area (Å²) in [6.07, 6.45) is 6.75. The van der Waals surface area contributed by atoms with Crippen molar-refractivity contribution in [3.63, 3.8) is 0 Å². The van der Waals surface area contributed by atoms with Crippen molar-refractivity contribution in [2.45, 2.75) is 79.6 Å². The van der Waals surface area contributed by atoms with Crippen LogP contribution >= 0.6 is 0 Å². The van der Waals surface area contributed by atoms with Gasteiger partial charge in [-0.15, -0.1) is 29.1 Å². The molecule has 0 aliphatic heterocycles. The zero-order valence-electron chi connectivity index (χ0n) is 27.1. The van der Waals surface area contributed by atoms with Crippen molar-refractivity contribution in [2.75, 3.05) is 0 Å². The summed E-state index contributed by atoms with van der Waals surface area (Å²) in [6, 6.07) is 25.9. The summed E-state index contributed by atoms with van der Waals surface area (Å²) in [6.45, 7) is 21.9. The molecule has 1 heterocycles. The van der Waals surface area contributed by atoms with E-state index in [1.54, 1.807) is 0 Å². The second-order valence-corrected chi connectivity index (χ2v) is 12.0. The van der Waals surface area contributed by atoms with Crippen LogP contribution < -0.4 is 0 Å². The average Bonchev–Trinajstić information content (AvgIpc) is 3.01. The van der Waals surface area contributed by atoms with Gasteiger partial charge >= 0.3 is 0 Å². The summed E-state index contributed by atoms with van der Waals surface area (Å²) in [7, 11) is 0. The normalized spacial score (nSPS) is 11.5. The minimum atomic E-state index is 0. The zero-order valence-corrected chi connectivity index (χ0v) is 29.5. The first-order valence-electron chi connectivity index (χ1n) is 15.4. The van der Waals surface area contributed by atoms with Crippen LogP contribution in [0.2, 0.25) is 0 Å². The van der Waals surface area contributed by atoms with Crippen molar-refractivity contribution in [3.8, 4) is 22.4 Å². The molecular weight excluding hydrogens is 721 g/mol. The number of allylic oxidation sites excluding steroid dienone is 2. The molecule has 0 aliphatic rings. The van der Waals surface area contributed by atoms with Gasteiger partial charge in [0.25, 0.3) is 0 Å². The monoisotopic (exact) mass is 766 g/mol. The first kappa shape index (κ1) is 36.6. The van der Waals surface area contributed by atoms with Crippen LogP contribution in [0.3, 0.4) is 0 Å². The molecular formula is C39H45IrN2O2-. The number of fused-ring (bicyclic) bond motifs is 1. The first-order chi connectivity index (χ1) is 20.6. The van der Waals surface area contributed by atoms with Crippen LogP contribution in [0.25, 0.3) is 38.0 Å². The van der Waals surface area contributed by atoms with Crippen molar-refractivity contribution in [2.24, 2.45) is 11.8 Å². The number of hydrogen-bond donors (Lipinski definition) is 1. The van der Waals surface area contributed by atoms with Crippen molar-refractivity contribution < 1.29 is 30.0 Å². The summed E-state index contributed by atoms with van der Waals surface area (Å²) >= 11 is 0. The van der Waals surface area contributed by atoms with Gasteiger partial charge in [0.2, 0.25) is 0 Å². The molecule has 0 spiro atoms. The van der Waals surface area contributed by atoms with Gasteiger partial charge in [0.1, 0.15) is 0 Å². The number of hydrogen-bond acceptors (Lipinski definition) is 3. The molecule has 0 saturated heterocycles. The quantitative estimate of drug-likeness (QED) is 0.105. The smallest absolute Gasteiger partial charge is 0.187 e. The molecule has 4 rings (SSSR count). The van der Waals surface area contributed by atoms with E-state index in [-0.39, 0.29) is 48.9 Å². The number of ketones is 1. The molecule has 3 aromatic carbocycles. The number of pyridine rings is 1. The molecule has 4 aromatic rings. The van der Waals surface area contributed by atoms with Gasteiger partial charge < -0.3 is 5.11 Å². The number of aliphatic hydroxyl groups is 1. The molecule has 0 bridgehead atoms. The van der Waals surface area contributed by atoms with E-state index >= 15 is 0 Å². The van der Waals surface area contributed by atoms with Crippen molar-refractivity contribution in [3.05, 3.63) is 108 Å². The van der Waals surface area contributed by atoms with E-state index in [9.17, 15) is 9.90 Å². The Hall–Kier alpha value is -3.58.